The lowest BCUT2D eigenvalue weighted by atomic mass is 10.3. The van der Waals surface area contributed by atoms with Crippen molar-refractivity contribution >= 4 is 27.4 Å². The van der Waals surface area contributed by atoms with Crippen LogP contribution in [0.15, 0.2) is 34.2 Å². The maximum absolute atomic E-state index is 5.76. The van der Waals surface area contributed by atoms with Crippen molar-refractivity contribution < 1.29 is 4.42 Å². The Labute approximate surface area is 95.7 Å². The van der Waals surface area contributed by atoms with Gasteiger partial charge in [-0.15, -0.1) is 11.3 Å². The van der Waals surface area contributed by atoms with E-state index in [0.717, 1.165) is 16.8 Å². The molecule has 3 rings (SSSR count). The van der Waals surface area contributed by atoms with E-state index in [1.807, 2.05) is 23.6 Å². The zero-order valence-corrected chi connectivity index (χ0v) is 9.20. The number of hydrogen-bond acceptors (Lipinski definition) is 5. The predicted molar refractivity (Wildman–Crippen MR) is 63.3 cm³/mol. The number of nitrogens with two attached hydrogens (primary N) is 1. The molecule has 0 bridgehead atoms. The lowest BCUT2D eigenvalue weighted by Crippen LogP contribution is -1.91. The van der Waals surface area contributed by atoms with Crippen LogP contribution in [0.5, 0.6) is 0 Å². The van der Waals surface area contributed by atoms with Crippen molar-refractivity contribution in [2.24, 2.45) is 0 Å². The van der Waals surface area contributed by atoms with E-state index in [1.54, 1.807) is 6.20 Å². The molecule has 3 aromatic heterocycles. The largest absolute Gasteiger partial charge is 0.439 e. The minimum atomic E-state index is 0.597. The number of hydrogen-bond donors (Lipinski definition) is 1. The van der Waals surface area contributed by atoms with Crippen LogP contribution < -0.4 is 5.73 Å². The van der Waals surface area contributed by atoms with E-state index in [2.05, 4.69) is 9.97 Å². The van der Waals surface area contributed by atoms with Crippen LogP contribution in [0.1, 0.15) is 11.6 Å². The summed E-state index contributed by atoms with van der Waals surface area (Å²) in [5.74, 6) is 0.656. The lowest BCUT2D eigenvalue weighted by Gasteiger charge is -1.94. The molecule has 0 saturated carbocycles. The zero-order valence-electron chi connectivity index (χ0n) is 8.38. The number of thiophene rings is 1. The van der Waals surface area contributed by atoms with Crippen LogP contribution in [0.4, 0.5) is 5.00 Å². The molecule has 0 aliphatic carbocycles. The number of nitrogen functional groups attached to an aromatic ring is 1. The summed E-state index contributed by atoms with van der Waals surface area (Å²) in [5, 5.41) is 2.57. The predicted octanol–water partition coefficient (Wildman–Crippen LogP) is 2.46. The molecule has 0 radical (unpaired) electrons. The van der Waals surface area contributed by atoms with Crippen LogP contribution in [0.2, 0.25) is 0 Å². The third-order valence-electron chi connectivity index (χ3n) is 2.28. The second-order valence-electron chi connectivity index (χ2n) is 3.42. The van der Waals surface area contributed by atoms with Gasteiger partial charge < -0.3 is 10.2 Å². The normalized spacial score (nSPS) is 11.0. The zero-order chi connectivity index (χ0) is 11.0. The second-order valence-corrected chi connectivity index (χ2v) is 4.33. The van der Waals surface area contributed by atoms with Gasteiger partial charge in [0.25, 0.3) is 0 Å². The highest BCUT2D eigenvalue weighted by molar-refractivity contribution is 7.15. The molecule has 0 spiro atoms. The van der Waals surface area contributed by atoms with Crippen LogP contribution >= 0.6 is 11.3 Å². The quantitative estimate of drug-likeness (QED) is 0.735. The molecular formula is C11H9N3OS. The number of aromatic nitrogens is 2. The Morgan fingerprint density at radius 2 is 2.31 bits per heavy atom. The van der Waals surface area contributed by atoms with Crippen molar-refractivity contribution in [3.8, 4) is 0 Å². The van der Waals surface area contributed by atoms with Gasteiger partial charge in [0.05, 0.1) is 6.42 Å². The van der Waals surface area contributed by atoms with Crippen LogP contribution in [0, 0.1) is 0 Å². The highest BCUT2D eigenvalue weighted by atomic mass is 32.1. The van der Waals surface area contributed by atoms with Gasteiger partial charge in [0.2, 0.25) is 5.89 Å². The Bertz CT molecular complexity index is 614. The highest BCUT2D eigenvalue weighted by Crippen LogP contribution is 2.28. The topological polar surface area (TPSA) is 64.9 Å². The Morgan fingerprint density at radius 1 is 1.38 bits per heavy atom. The average molecular weight is 231 g/mol. The van der Waals surface area contributed by atoms with Gasteiger partial charge in [0, 0.05) is 17.3 Å². The van der Waals surface area contributed by atoms with Crippen LogP contribution in [0.25, 0.3) is 11.1 Å². The number of oxazole rings is 1. The number of anilines is 1. The molecule has 0 aliphatic rings. The number of rotatable bonds is 2. The monoisotopic (exact) mass is 231 g/mol. The summed E-state index contributed by atoms with van der Waals surface area (Å²) in [6, 6.07) is 5.78. The van der Waals surface area contributed by atoms with E-state index in [-0.39, 0.29) is 0 Å². The Hall–Kier alpha value is -1.88. The van der Waals surface area contributed by atoms with Crippen molar-refractivity contribution in [3.05, 3.63) is 41.4 Å². The maximum Gasteiger partial charge on any atom is 0.201 e. The van der Waals surface area contributed by atoms with Crippen LogP contribution in [-0.4, -0.2) is 9.97 Å². The highest BCUT2D eigenvalue weighted by Gasteiger charge is 2.10. The Kier molecular flexibility index (Phi) is 2.11. The van der Waals surface area contributed by atoms with Crippen molar-refractivity contribution in [1.29, 1.82) is 0 Å². The van der Waals surface area contributed by atoms with Crippen molar-refractivity contribution in [2.75, 3.05) is 5.73 Å². The van der Waals surface area contributed by atoms with Gasteiger partial charge in [0.15, 0.2) is 5.58 Å². The molecule has 2 N–H and O–H groups in total. The second kappa shape index (κ2) is 3.61. The first-order chi connectivity index (χ1) is 7.83. The van der Waals surface area contributed by atoms with Crippen LogP contribution in [-0.2, 0) is 6.42 Å². The minimum absolute atomic E-state index is 0.597. The Morgan fingerprint density at radius 3 is 3.06 bits per heavy atom. The van der Waals surface area contributed by atoms with E-state index < -0.39 is 0 Å². The summed E-state index contributed by atoms with van der Waals surface area (Å²) >= 11 is 1.45. The summed E-state index contributed by atoms with van der Waals surface area (Å²) in [5.41, 5.74) is 8.22. The molecule has 5 heteroatoms. The molecular weight excluding hydrogens is 222 g/mol. The van der Waals surface area contributed by atoms with Gasteiger partial charge in [0.1, 0.15) is 10.5 Å². The van der Waals surface area contributed by atoms with Gasteiger partial charge >= 0.3 is 0 Å². The number of fused-ring (bicyclic) bond motifs is 1. The van der Waals surface area contributed by atoms with E-state index in [9.17, 15) is 0 Å². The van der Waals surface area contributed by atoms with E-state index in [0.29, 0.717) is 17.3 Å². The molecule has 3 heterocycles. The molecule has 0 aliphatic heterocycles. The third kappa shape index (κ3) is 1.55. The summed E-state index contributed by atoms with van der Waals surface area (Å²) in [6.45, 7) is 0. The fraction of sp³-hybridized carbons (Fsp3) is 0.0909. The molecule has 4 nitrogen and oxygen atoms in total. The van der Waals surface area contributed by atoms with E-state index >= 15 is 0 Å². The molecule has 16 heavy (non-hydrogen) atoms. The van der Waals surface area contributed by atoms with Crippen LogP contribution in [0.3, 0.4) is 0 Å². The first-order valence-electron chi connectivity index (χ1n) is 4.85. The molecule has 0 amide bonds. The fourth-order valence-electron chi connectivity index (χ4n) is 1.54. The number of nitrogens with zero attached hydrogens (tertiary/aromatic N) is 2. The van der Waals surface area contributed by atoms with Gasteiger partial charge in [-0.05, 0) is 12.1 Å². The third-order valence-corrected chi connectivity index (χ3v) is 3.06. The van der Waals surface area contributed by atoms with Gasteiger partial charge in [-0.2, -0.15) is 0 Å². The van der Waals surface area contributed by atoms with E-state index in [4.69, 9.17) is 10.2 Å². The van der Waals surface area contributed by atoms with Crippen molar-refractivity contribution in [1.82, 2.24) is 9.97 Å². The molecule has 3 aromatic rings. The van der Waals surface area contributed by atoms with Crippen molar-refractivity contribution in [2.45, 2.75) is 6.42 Å². The fourth-order valence-corrected chi connectivity index (χ4v) is 2.19. The molecule has 0 atom stereocenters. The summed E-state index contributed by atoms with van der Waals surface area (Å²) < 4.78 is 5.57. The smallest absolute Gasteiger partial charge is 0.201 e. The van der Waals surface area contributed by atoms with Gasteiger partial charge in [-0.25, -0.2) is 4.98 Å². The first-order valence-corrected chi connectivity index (χ1v) is 5.73. The molecule has 0 fully saturated rings. The Balaban J connectivity index is 1.95. The van der Waals surface area contributed by atoms with Crippen molar-refractivity contribution in [3.63, 3.8) is 0 Å². The van der Waals surface area contributed by atoms with Gasteiger partial charge in [-0.3, -0.25) is 4.98 Å². The summed E-state index contributed by atoms with van der Waals surface area (Å²) in [6.07, 6.45) is 2.36. The molecule has 0 aromatic carbocycles. The molecule has 80 valence electrons. The lowest BCUT2D eigenvalue weighted by molar-refractivity contribution is 0.542. The summed E-state index contributed by atoms with van der Waals surface area (Å²) in [7, 11) is 0. The summed E-state index contributed by atoms with van der Waals surface area (Å²) in [4.78, 5) is 8.57. The maximum atomic E-state index is 5.76. The SMILES string of the molecule is Nc1scc2oc(Cc3ccccn3)nc12. The molecule has 0 unspecified atom stereocenters. The minimum Gasteiger partial charge on any atom is -0.439 e. The first kappa shape index (κ1) is 9.35. The van der Waals surface area contributed by atoms with E-state index in [1.165, 1.54) is 11.3 Å². The standard InChI is InChI=1S/C11H9N3OS/c12-11-10-8(6-16-11)15-9(14-10)5-7-3-1-2-4-13-7/h1-4,6H,5,12H2. The number of pyridine rings is 1. The van der Waals surface area contributed by atoms with Gasteiger partial charge in [-0.1, -0.05) is 6.07 Å². The molecule has 0 saturated heterocycles. The average Bonchev–Trinajstić information content (AvgIpc) is 2.83.